The van der Waals surface area contributed by atoms with Crippen LogP contribution in [0.2, 0.25) is 0 Å². The zero-order valence-corrected chi connectivity index (χ0v) is 9.68. The van der Waals surface area contributed by atoms with Crippen LogP contribution in [0.4, 0.5) is 0 Å². The van der Waals surface area contributed by atoms with E-state index in [2.05, 4.69) is 32.7 Å². The molecule has 0 aromatic rings. The van der Waals surface area contributed by atoms with Gasteiger partial charge in [-0.15, -0.1) is 0 Å². The third-order valence-corrected chi connectivity index (χ3v) is 1.98. The van der Waals surface area contributed by atoms with E-state index in [1.54, 1.807) is 0 Å². The van der Waals surface area contributed by atoms with E-state index >= 15 is 0 Å². The van der Waals surface area contributed by atoms with Gasteiger partial charge in [-0.1, -0.05) is 20.8 Å². The summed E-state index contributed by atoms with van der Waals surface area (Å²) >= 11 is 0. The number of rotatable bonds is 8. The number of nitrogens with zero attached hydrogens (tertiary/aromatic N) is 1. The second kappa shape index (κ2) is 8.52. The van der Waals surface area contributed by atoms with E-state index in [-0.39, 0.29) is 0 Å². The number of hydrogen-bond acceptors (Lipinski definition) is 2. The SMILES string of the molecule is CCCOCC(C)CN(C)CCC. The molecule has 0 saturated carbocycles. The summed E-state index contributed by atoms with van der Waals surface area (Å²) in [7, 11) is 2.18. The van der Waals surface area contributed by atoms with Crippen molar-refractivity contribution in [1.82, 2.24) is 4.90 Å². The number of ether oxygens (including phenoxy) is 1. The van der Waals surface area contributed by atoms with Gasteiger partial charge in [0.1, 0.15) is 0 Å². The van der Waals surface area contributed by atoms with Crippen molar-refractivity contribution in [3.8, 4) is 0 Å². The summed E-state index contributed by atoms with van der Waals surface area (Å²) in [4.78, 5) is 2.37. The Hall–Kier alpha value is -0.0800. The first-order valence-corrected chi connectivity index (χ1v) is 5.47. The van der Waals surface area contributed by atoms with Crippen LogP contribution in [0.15, 0.2) is 0 Å². The van der Waals surface area contributed by atoms with Gasteiger partial charge in [0, 0.05) is 13.2 Å². The van der Waals surface area contributed by atoms with Crippen molar-refractivity contribution in [2.75, 3.05) is 33.4 Å². The molecule has 0 aromatic heterocycles. The lowest BCUT2D eigenvalue weighted by molar-refractivity contribution is 0.0922. The van der Waals surface area contributed by atoms with Crippen LogP contribution >= 0.6 is 0 Å². The molecule has 80 valence electrons. The summed E-state index contributed by atoms with van der Waals surface area (Å²) in [6.07, 6.45) is 2.36. The van der Waals surface area contributed by atoms with Crippen molar-refractivity contribution in [2.24, 2.45) is 5.92 Å². The maximum absolute atomic E-state index is 5.50. The summed E-state index contributed by atoms with van der Waals surface area (Å²) in [6, 6.07) is 0. The molecule has 0 aliphatic carbocycles. The minimum absolute atomic E-state index is 0.656. The zero-order valence-electron chi connectivity index (χ0n) is 9.68. The highest BCUT2D eigenvalue weighted by Gasteiger charge is 2.05. The zero-order chi connectivity index (χ0) is 10.1. The van der Waals surface area contributed by atoms with Crippen molar-refractivity contribution in [3.05, 3.63) is 0 Å². The van der Waals surface area contributed by atoms with Crippen LogP contribution < -0.4 is 0 Å². The average molecular weight is 187 g/mol. The van der Waals surface area contributed by atoms with Crippen LogP contribution in [-0.4, -0.2) is 38.3 Å². The second-order valence-electron chi connectivity index (χ2n) is 3.94. The molecular weight excluding hydrogens is 162 g/mol. The maximum Gasteiger partial charge on any atom is 0.0503 e. The molecule has 0 amide bonds. The first kappa shape index (κ1) is 12.9. The number of hydrogen-bond donors (Lipinski definition) is 0. The summed E-state index contributed by atoms with van der Waals surface area (Å²) in [5, 5.41) is 0. The smallest absolute Gasteiger partial charge is 0.0503 e. The van der Waals surface area contributed by atoms with Crippen LogP contribution in [0.1, 0.15) is 33.6 Å². The second-order valence-corrected chi connectivity index (χ2v) is 3.94. The van der Waals surface area contributed by atoms with Crippen LogP contribution in [0.3, 0.4) is 0 Å². The van der Waals surface area contributed by atoms with Crippen LogP contribution in [-0.2, 0) is 4.74 Å². The standard InChI is InChI=1S/C11H25NO/c1-5-7-12(4)9-11(3)10-13-8-6-2/h11H,5-10H2,1-4H3. The fraction of sp³-hybridized carbons (Fsp3) is 1.00. The van der Waals surface area contributed by atoms with Gasteiger partial charge in [0.2, 0.25) is 0 Å². The fourth-order valence-corrected chi connectivity index (χ4v) is 1.49. The van der Waals surface area contributed by atoms with Crippen LogP contribution in [0.25, 0.3) is 0 Å². The molecule has 0 spiro atoms. The van der Waals surface area contributed by atoms with E-state index < -0.39 is 0 Å². The molecule has 2 heteroatoms. The minimum atomic E-state index is 0.656. The Morgan fingerprint density at radius 1 is 1.23 bits per heavy atom. The van der Waals surface area contributed by atoms with Crippen LogP contribution in [0.5, 0.6) is 0 Å². The van der Waals surface area contributed by atoms with Gasteiger partial charge >= 0.3 is 0 Å². The van der Waals surface area contributed by atoms with Gasteiger partial charge < -0.3 is 9.64 Å². The Morgan fingerprint density at radius 3 is 2.46 bits per heavy atom. The van der Waals surface area contributed by atoms with Crippen molar-refractivity contribution in [2.45, 2.75) is 33.6 Å². The van der Waals surface area contributed by atoms with Gasteiger partial charge in [0.15, 0.2) is 0 Å². The van der Waals surface area contributed by atoms with Gasteiger partial charge in [-0.05, 0) is 32.4 Å². The molecule has 0 saturated heterocycles. The van der Waals surface area contributed by atoms with Crippen molar-refractivity contribution in [1.29, 1.82) is 0 Å². The highest BCUT2D eigenvalue weighted by atomic mass is 16.5. The monoisotopic (exact) mass is 187 g/mol. The fourth-order valence-electron chi connectivity index (χ4n) is 1.49. The van der Waals surface area contributed by atoms with E-state index in [4.69, 9.17) is 4.74 Å². The lowest BCUT2D eigenvalue weighted by Crippen LogP contribution is -2.27. The van der Waals surface area contributed by atoms with Crippen LogP contribution in [0, 0.1) is 5.92 Å². The quantitative estimate of drug-likeness (QED) is 0.541. The molecule has 0 aromatic carbocycles. The Balaban J connectivity index is 3.32. The highest BCUT2D eigenvalue weighted by Crippen LogP contribution is 2.00. The molecular formula is C11H25NO. The molecule has 1 unspecified atom stereocenters. The molecule has 0 fully saturated rings. The Bertz CT molecular complexity index is 106. The third-order valence-electron chi connectivity index (χ3n) is 1.98. The first-order valence-electron chi connectivity index (χ1n) is 5.47. The molecule has 1 atom stereocenters. The van der Waals surface area contributed by atoms with Gasteiger partial charge in [-0.2, -0.15) is 0 Å². The molecule has 13 heavy (non-hydrogen) atoms. The van der Waals surface area contributed by atoms with Gasteiger partial charge in [-0.25, -0.2) is 0 Å². The van der Waals surface area contributed by atoms with Gasteiger partial charge in [-0.3, -0.25) is 0 Å². The van der Waals surface area contributed by atoms with E-state index in [1.807, 2.05) is 0 Å². The Morgan fingerprint density at radius 2 is 1.92 bits per heavy atom. The molecule has 0 radical (unpaired) electrons. The largest absolute Gasteiger partial charge is 0.381 e. The molecule has 0 bridgehead atoms. The third kappa shape index (κ3) is 8.26. The van der Waals surface area contributed by atoms with Gasteiger partial charge in [0.05, 0.1) is 6.61 Å². The Labute approximate surface area is 83.3 Å². The maximum atomic E-state index is 5.50. The lowest BCUT2D eigenvalue weighted by Gasteiger charge is -2.20. The lowest BCUT2D eigenvalue weighted by atomic mass is 10.2. The molecule has 0 aliphatic rings. The predicted molar refractivity (Wildman–Crippen MR) is 58.1 cm³/mol. The molecule has 0 N–H and O–H groups in total. The summed E-state index contributed by atoms with van der Waals surface area (Å²) in [5.74, 6) is 0.656. The average Bonchev–Trinajstić information content (AvgIpc) is 2.05. The first-order chi connectivity index (χ1) is 6.20. The Kier molecular flexibility index (Phi) is 8.46. The molecule has 0 rings (SSSR count). The van der Waals surface area contributed by atoms with E-state index in [0.717, 1.165) is 26.2 Å². The van der Waals surface area contributed by atoms with E-state index in [0.29, 0.717) is 5.92 Å². The van der Waals surface area contributed by atoms with Crippen molar-refractivity contribution >= 4 is 0 Å². The summed E-state index contributed by atoms with van der Waals surface area (Å²) in [6.45, 7) is 10.8. The normalized spacial score (nSPS) is 13.6. The molecule has 0 heterocycles. The van der Waals surface area contributed by atoms with Crippen molar-refractivity contribution < 1.29 is 4.74 Å². The van der Waals surface area contributed by atoms with Crippen molar-refractivity contribution in [3.63, 3.8) is 0 Å². The summed E-state index contributed by atoms with van der Waals surface area (Å²) in [5.41, 5.74) is 0. The molecule has 0 aliphatic heterocycles. The topological polar surface area (TPSA) is 12.5 Å². The van der Waals surface area contributed by atoms with Gasteiger partial charge in [0.25, 0.3) is 0 Å². The highest BCUT2D eigenvalue weighted by molar-refractivity contribution is 4.57. The van der Waals surface area contributed by atoms with E-state index in [1.165, 1.54) is 13.0 Å². The van der Waals surface area contributed by atoms with E-state index in [9.17, 15) is 0 Å². The minimum Gasteiger partial charge on any atom is -0.381 e. The predicted octanol–water partition coefficient (Wildman–Crippen LogP) is 2.39. The molecule has 2 nitrogen and oxygen atoms in total. The summed E-state index contributed by atoms with van der Waals surface area (Å²) < 4.78 is 5.50.